The number of thioether (sulfide) groups is 1. The molecular weight excluding hydrogens is 648 g/mol. The Hall–Kier alpha value is -3.36. The maximum Gasteiger partial charge on any atom is 0.417 e. The van der Waals surface area contributed by atoms with Crippen LogP contribution in [-0.4, -0.2) is 107 Å². The number of hydrogen-bond acceptors (Lipinski definition) is 8. The Labute approximate surface area is 280 Å². The fourth-order valence-electron chi connectivity index (χ4n) is 7.07. The van der Waals surface area contributed by atoms with E-state index in [-0.39, 0.29) is 54.6 Å². The van der Waals surface area contributed by atoms with Crippen LogP contribution in [-0.2, 0) is 10.9 Å². The molecule has 2 aromatic carbocycles. The van der Waals surface area contributed by atoms with Gasteiger partial charge in [-0.15, -0.1) is 11.8 Å². The third-order valence-electron chi connectivity index (χ3n) is 9.54. The molecule has 48 heavy (non-hydrogen) atoms. The van der Waals surface area contributed by atoms with Crippen LogP contribution in [0.1, 0.15) is 45.2 Å². The van der Waals surface area contributed by atoms with Gasteiger partial charge in [0.05, 0.1) is 17.1 Å². The van der Waals surface area contributed by atoms with Gasteiger partial charge in [-0.25, -0.2) is 14.0 Å². The molecule has 3 aliphatic heterocycles. The fourth-order valence-corrected chi connectivity index (χ4v) is 8.40. The van der Waals surface area contributed by atoms with Crippen molar-refractivity contribution >= 4 is 34.6 Å². The SMILES string of the molecule is CC(C)(C)OC(=O)N1CCN(c2nc(=O)n3c4c(c(-c5ccc(F)cc5)c(C(F)(F)F)cc24)SC[C@@H]3CN2CCN(C3CC3)CC2)CC1. The number of hydrogen-bond donors (Lipinski definition) is 0. The quantitative estimate of drug-likeness (QED) is 0.316. The maximum atomic E-state index is 14.9. The highest BCUT2D eigenvalue weighted by atomic mass is 32.2. The summed E-state index contributed by atoms with van der Waals surface area (Å²) in [6, 6.07) is 6.50. The molecular formula is C34H40F4N6O3S. The van der Waals surface area contributed by atoms with Gasteiger partial charge in [0.15, 0.2) is 0 Å². The largest absolute Gasteiger partial charge is 0.444 e. The summed E-state index contributed by atoms with van der Waals surface area (Å²) in [6.07, 6.45) is -2.71. The second-order valence-corrected chi connectivity index (χ2v) is 15.1. The van der Waals surface area contributed by atoms with Crippen molar-refractivity contribution in [3.05, 3.63) is 52.2 Å². The van der Waals surface area contributed by atoms with Gasteiger partial charge in [0.2, 0.25) is 0 Å². The zero-order valence-electron chi connectivity index (χ0n) is 27.4. The number of nitrogens with zero attached hydrogens (tertiary/aromatic N) is 6. The van der Waals surface area contributed by atoms with E-state index in [1.165, 1.54) is 36.7 Å². The highest BCUT2D eigenvalue weighted by Crippen LogP contribution is 2.50. The summed E-state index contributed by atoms with van der Waals surface area (Å²) in [4.78, 5) is 39.8. The molecule has 2 saturated heterocycles. The number of rotatable bonds is 5. The Morgan fingerprint density at radius 2 is 1.65 bits per heavy atom. The van der Waals surface area contributed by atoms with Gasteiger partial charge in [-0.3, -0.25) is 14.4 Å². The van der Waals surface area contributed by atoms with Crippen LogP contribution in [0.3, 0.4) is 0 Å². The van der Waals surface area contributed by atoms with Gasteiger partial charge in [0.1, 0.15) is 17.2 Å². The first-order valence-corrected chi connectivity index (χ1v) is 17.5. The summed E-state index contributed by atoms with van der Waals surface area (Å²) in [5.41, 5.74) is -1.46. The molecule has 3 fully saturated rings. The molecule has 4 heterocycles. The Balaban J connectivity index is 1.31. The zero-order chi connectivity index (χ0) is 34.0. The summed E-state index contributed by atoms with van der Waals surface area (Å²) in [5, 5.41) is 0.240. The molecule has 14 heteroatoms. The summed E-state index contributed by atoms with van der Waals surface area (Å²) < 4.78 is 65.8. The minimum Gasteiger partial charge on any atom is -0.444 e. The van der Waals surface area contributed by atoms with E-state index in [0.29, 0.717) is 28.8 Å². The molecule has 258 valence electrons. The smallest absolute Gasteiger partial charge is 0.417 e. The summed E-state index contributed by atoms with van der Waals surface area (Å²) in [7, 11) is 0. The van der Waals surface area contributed by atoms with Crippen molar-refractivity contribution in [2.75, 3.05) is 69.6 Å². The molecule has 1 saturated carbocycles. The van der Waals surface area contributed by atoms with Crippen LogP contribution in [0.4, 0.5) is 28.2 Å². The van der Waals surface area contributed by atoms with Gasteiger partial charge in [0.25, 0.3) is 0 Å². The number of halogens is 4. The number of benzene rings is 2. The lowest BCUT2D eigenvalue weighted by atomic mass is 9.96. The first-order chi connectivity index (χ1) is 22.8. The Morgan fingerprint density at radius 3 is 2.25 bits per heavy atom. The van der Waals surface area contributed by atoms with Gasteiger partial charge in [-0.05, 0) is 57.4 Å². The van der Waals surface area contributed by atoms with E-state index in [1.54, 1.807) is 35.1 Å². The molecule has 0 bridgehead atoms. The minimum absolute atomic E-state index is 0.0588. The number of carbonyl (C=O) groups excluding carboxylic acids is 1. The van der Waals surface area contributed by atoms with Crippen molar-refractivity contribution in [1.82, 2.24) is 24.3 Å². The maximum absolute atomic E-state index is 14.9. The number of carbonyl (C=O) groups is 1. The number of anilines is 1. The minimum atomic E-state index is -4.74. The van der Waals surface area contributed by atoms with Gasteiger partial charge in [-0.2, -0.15) is 18.2 Å². The van der Waals surface area contributed by atoms with Crippen molar-refractivity contribution in [3.8, 4) is 11.1 Å². The van der Waals surface area contributed by atoms with Crippen LogP contribution in [0, 0.1) is 5.82 Å². The molecule has 0 spiro atoms. The second-order valence-electron chi connectivity index (χ2n) is 14.1. The van der Waals surface area contributed by atoms with Crippen molar-refractivity contribution in [1.29, 1.82) is 0 Å². The Morgan fingerprint density at radius 1 is 0.979 bits per heavy atom. The predicted octanol–water partition coefficient (Wildman–Crippen LogP) is 5.71. The lowest BCUT2D eigenvalue weighted by molar-refractivity contribution is -0.137. The van der Waals surface area contributed by atoms with Gasteiger partial charge in [-0.1, -0.05) is 12.1 Å². The van der Waals surface area contributed by atoms with Gasteiger partial charge < -0.3 is 14.5 Å². The predicted molar refractivity (Wildman–Crippen MR) is 177 cm³/mol. The molecule has 7 rings (SSSR count). The van der Waals surface area contributed by atoms with E-state index in [0.717, 1.165) is 44.4 Å². The normalized spacial score (nSPS) is 21.2. The fraction of sp³-hybridized carbons (Fsp3) is 0.559. The Kier molecular flexibility index (Phi) is 8.64. The third-order valence-corrected chi connectivity index (χ3v) is 10.8. The standard InChI is InChI=1S/C34H40F4N6O3S/c1-33(2,3)47-32(46)43-16-14-42(15-17-43)30-25-18-26(34(36,37)38)27(21-4-6-22(35)7-5-21)29-28(25)44(31(45)39-30)24(20-48-29)19-40-10-12-41(13-11-40)23-8-9-23/h4-7,18,23-24H,8-17,19-20H2,1-3H3/t24-/m0/s1. The molecule has 9 nitrogen and oxygen atoms in total. The van der Waals surface area contributed by atoms with E-state index in [9.17, 15) is 27.2 Å². The van der Waals surface area contributed by atoms with Crippen molar-refractivity contribution in [3.63, 3.8) is 0 Å². The van der Waals surface area contributed by atoms with Crippen LogP contribution < -0.4 is 10.6 Å². The van der Waals surface area contributed by atoms with Crippen LogP contribution in [0.25, 0.3) is 22.0 Å². The molecule has 0 unspecified atom stereocenters. The van der Waals surface area contributed by atoms with Crippen LogP contribution >= 0.6 is 11.8 Å². The summed E-state index contributed by atoms with van der Waals surface area (Å²) in [6.45, 7) is 10.6. The van der Waals surface area contributed by atoms with E-state index in [1.807, 2.05) is 0 Å². The average Bonchev–Trinajstić information content (AvgIpc) is 3.88. The topological polar surface area (TPSA) is 74.1 Å². The number of piperazine rings is 2. The van der Waals surface area contributed by atoms with Crippen LogP contribution in [0.2, 0.25) is 0 Å². The highest BCUT2D eigenvalue weighted by molar-refractivity contribution is 7.99. The average molecular weight is 689 g/mol. The van der Waals surface area contributed by atoms with Crippen molar-refractivity contribution in [2.24, 2.45) is 0 Å². The van der Waals surface area contributed by atoms with Crippen molar-refractivity contribution in [2.45, 2.75) is 62.4 Å². The zero-order valence-corrected chi connectivity index (χ0v) is 28.2. The third kappa shape index (κ3) is 6.62. The first kappa shape index (κ1) is 33.2. The highest BCUT2D eigenvalue weighted by Gasteiger charge is 2.40. The second kappa shape index (κ2) is 12.5. The van der Waals surface area contributed by atoms with Crippen LogP contribution in [0.5, 0.6) is 0 Å². The van der Waals surface area contributed by atoms with Gasteiger partial charge in [0, 0.05) is 86.5 Å². The van der Waals surface area contributed by atoms with Gasteiger partial charge >= 0.3 is 18.0 Å². The number of aromatic nitrogens is 2. The van der Waals surface area contributed by atoms with E-state index < -0.39 is 34.9 Å². The lowest BCUT2D eigenvalue weighted by Gasteiger charge is -2.39. The molecule has 1 amide bonds. The van der Waals surface area contributed by atoms with E-state index in [4.69, 9.17) is 4.74 Å². The molecule has 0 radical (unpaired) electrons. The van der Waals surface area contributed by atoms with E-state index >= 15 is 0 Å². The van der Waals surface area contributed by atoms with Crippen LogP contribution in [0.15, 0.2) is 40.0 Å². The van der Waals surface area contributed by atoms with Crippen molar-refractivity contribution < 1.29 is 27.1 Å². The first-order valence-electron chi connectivity index (χ1n) is 16.6. The van der Waals surface area contributed by atoms with E-state index in [2.05, 4.69) is 14.8 Å². The number of amides is 1. The molecule has 1 aromatic heterocycles. The monoisotopic (exact) mass is 688 g/mol. The number of ether oxygens (including phenoxy) is 1. The molecule has 0 N–H and O–H groups in total. The molecule has 1 aliphatic carbocycles. The number of alkyl halides is 3. The summed E-state index contributed by atoms with van der Waals surface area (Å²) >= 11 is 1.32. The summed E-state index contributed by atoms with van der Waals surface area (Å²) in [5.74, 6) is 0.0209. The molecule has 3 aromatic rings. The Bertz CT molecular complexity index is 1760. The molecule has 1 atom stereocenters. The lowest BCUT2D eigenvalue weighted by Crippen LogP contribution is -2.51. The molecule has 4 aliphatic rings.